The number of amides is 2. The SMILES string of the molecule is COC(=O)C1=CC[C@@]23CC[C@@H]([C@@](C)(/C=C/C=C(\C)C(=O)NCc4ccc(C(=O)Nc5ccccc5N)cc4)OC2=O)[C@@]3(OC(C)=O)CC1.NCCCCC(N)C(=O)O. The minimum absolute atomic E-state index is 0.206. The van der Waals surface area contributed by atoms with Gasteiger partial charge in [-0.05, 0) is 101 Å². The molecule has 2 fully saturated rings. The van der Waals surface area contributed by atoms with Gasteiger partial charge in [0.05, 0.1) is 18.5 Å². The Morgan fingerprint density at radius 2 is 1.76 bits per heavy atom. The van der Waals surface area contributed by atoms with Crippen molar-refractivity contribution in [3.63, 3.8) is 0 Å². The van der Waals surface area contributed by atoms with Gasteiger partial charge in [-0.3, -0.25) is 24.0 Å². The summed E-state index contributed by atoms with van der Waals surface area (Å²) in [6.45, 7) is 5.63. The van der Waals surface area contributed by atoms with Crippen LogP contribution < -0.4 is 27.8 Å². The van der Waals surface area contributed by atoms with Crippen molar-refractivity contribution in [1.29, 1.82) is 0 Å². The highest BCUT2D eigenvalue weighted by atomic mass is 16.6. The number of nitrogens with one attached hydrogen (secondary N) is 2. The minimum Gasteiger partial charge on any atom is -0.480 e. The smallest absolute Gasteiger partial charge is 0.333 e. The Morgan fingerprint density at radius 1 is 1.05 bits per heavy atom. The summed E-state index contributed by atoms with van der Waals surface area (Å²) in [6, 6.07) is 13.2. The van der Waals surface area contributed by atoms with Crippen molar-refractivity contribution in [2.45, 2.75) is 95.9 Å². The number of carbonyl (C=O) groups excluding carboxylic acids is 5. The predicted molar refractivity (Wildman–Crippen MR) is 217 cm³/mol. The number of nitrogen functional groups attached to an aromatic ring is 1. The zero-order valence-electron chi connectivity index (χ0n) is 33.5. The first kappa shape index (κ1) is 44.9. The molecule has 0 spiro atoms. The molecule has 1 heterocycles. The summed E-state index contributed by atoms with van der Waals surface area (Å²) in [5.41, 5.74) is 16.1. The van der Waals surface area contributed by atoms with Crippen LogP contribution in [0.3, 0.4) is 0 Å². The van der Waals surface area contributed by atoms with Crippen molar-refractivity contribution < 1.29 is 48.1 Å². The van der Waals surface area contributed by atoms with E-state index in [9.17, 15) is 28.8 Å². The Morgan fingerprint density at radius 3 is 2.40 bits per heavy atom. The lowest BCUT2D eigenvalue weighted by molar-refractivity contribution is -0.235. The molecule has 0 aromatic heterocycles. The Bertz CT molecular complexity index is 1960. The predicted octanol–water partition coefficient (Wildman–Crippen LogP) is 4.46. The monoisotopic (exact) mass is 801 g/mol. The van der Waals surface area contributed by atoms with Gasteiger partial charge in [0.15, 0.2) is 0 Å². The maximum Gasteiger partial charge on any atom is 0.333 e. The van der Waals surface area contributed by atoms with Crippen molar-refractivity contribution >= 4 is 47.1 Å². The summed E-state index contributed by atoms with van der Waals surface area (Å²) in [5.74, 6) is -3.34. The molecule has 15 nitrogen and oxygen atoms in total. The molecule has 5 atom stereocenters. The zero-order chi connectivity index (χ0) is 42.7. The fourth-order valence-corrected chi connectivity index (χ4v) is 7.99. The molecule has 9 N–H and O–H groups in total. The van der Waals surface area contributed by atoms with Crippen LogP contribution in [0, 0.1) is 11.3 Å². The number of rotatable bonds is 14. The molecule has 2 aromatic rings. The number of anilines is 2. The lowest BCUT2D eigenvalue weighted by atomic mass is 9.62. The van der Waals surface area contributed by atoms with Gasteiger partial charge in [-0.25, -0.2) is 4.79 Å². The number of hydrogen-bond donors (Lipinski definition) is 6. The summed E-state index contributed by atoms with van der Waals surface area (Å²) in [5, 5.41) is 14.0. The fourth-order valence-electron chi connectivity index (χ4n) is 7.99. The van der Waals surface area contributed by atoms with Crippen LogP contribution in [0.5, 0.6) is 0 Å². The molecule has 1 saturated heterocycles. The normalized spacial score (nSPS) is 24.1. The highest BCUT2D eigenvalue weighted by molar-refractivity contribution is 6.05. The molecule has 3 aliphatic rings. The van der Waals surface area contributed by atoms with Crippen LogP contribution in [0.2, 0.25) is 0 Å². The number of allylic oxidation sites excluding steroid dienone is 3. The molecule has 2 bridgehead atoms. The molecule has 2 aliphatic carbocycles. The van der Waals surface area contributed by atoms with Crippen LogP contribution in [-0.4, -0.2) is 71.7 Å². The fraction of sp³-hybridized carbons (Fsp3) is 0.442. The second-order valence-corrected chi connectivity index (χ2v) is 15.0. The quantitative estimate of drug-likeness (QED) is 0.0386. The van der Waals surface area contributed by atoms with E-state index in [1.54, 1.807) is 86.7 Å². The van der Waals surface area contributed by atoms with Crippen molar-refractivity contribution in [2.24, 2.45) is 22.8 Å². The Balaban J connectivity index is 0.000000657. The number of carboxylic acids is 1. The van der Waals surface area contributed by atoms with E-state index in [4.69, 9.17) is 36.5 Å². The molecule has 1 aliphatic heterocycles. The number of para-hydroxylation sites is 2. The number of carbonyl (C=O) groups is 6. The van der Waals surface area contributed by atoms with Gasteiger partial charge in [0, 0.05) is 36.1 Å². The molecule has 312 valence electrons. The van der Waals surface area contributed by atoms with Crippen LogP contribution in [0.4, 0.5) is 11.4 Å². The third kappa shape index (κ3) is 10.2. The van der Waals surface area contributed by atoms with E-state index < -0.39 is 46.5 Å². The van der Waals surface area contributed by atoms with Crippen LogP contribution in [-0.2, 0) is 44.7 Å². The standard InChI is InChI=1S/C37H41N3O8.C6H14N2O2/c1-23(31(42)39-22-25-11-13-26(14-12-25)32(43)40-29-10-6-5-9-28(29)38)8-7-18-35(3)30-17-20-36(34(45)48-35)19-15-27(33(44)46-4)16-21-37(30,36)47-24(2)41;7-4-2-1-3-5(8)6(9)10/h5-15,18,30H,16-17,19-22,38H2,1-4H3,(H,39,42)(H,40,43);5H,1-4,7-8H2,(H,9,10)/b18-7+,23-8+;/t30-,35+,36+,37-;/m0./s1. The third-order valence-corrected chi connectivity index (χ3v) is 11.2. The molecular weight excluding hydrogens is 746 g/mol. The van der Waals surface area contributed by atoms with Gasteiger partial charge in [0.1, 0.15) is 22.7 Å². The van der Waals surface area contributed by atoms with E-state index in [1.165, 1.54) is 14.0 Å². The number of esters is 3. The molecular formula is C43H55N5O10. The number of nitrogens with two attached hydrogens (primary N) is 3. The van der Waals surface area contributed by atoms with Crippen LogP contribution in [0.25, 0.3) is 0 Å². The maximum absolute atomic E-state index is 13.8. The van der Waals surface area contributed by atoms with E-state index in [0.717, 1.165) is 18.4 Å². The molecule has 2 amide bonds. The summed E-state index contributed by atoms with van der Waals surface area (Å²) in [4.78, 5) is 74.3. The van der Waals surface area contributed by atoms with Crippen LogP contribution >= 0.6 is 0 Å². The molecule has 15 heteroatoms. The van der Waals surface area contributed by atoms with Gasteiger partial charge in [0.25, 0.3) is 5.91 Å². The van der Waals surface area contributed by atoms with E-state index in [2.05, 4.69) is 10.6 Å². The number of aliphatic carboxylic acids is 1. The molecule has 0 radical (unpaired) electrons. The Hall–Kier alpha value is -5.80. The molecule has 1 unspecified atom stereocenters. The largest absolute Gasteiger partial charge is 0.480 e. The van der Waals surface area contributed by atoms with Crippen LogP contribution in [0.15, 0.2) is 84.0 Å². The van der Waals surface area contributed by atoms with E-state index in [0.29, 0.717) is 60.3 Å². The first-order valence-electron chi connectivity index (χ1n) is 19.3. The number of hydrogen-bond acceptors (Lipinski definition) is 12. The number of methoxy groups -OCH3 is 1. The molecule has 58 heavy (non-hydrogen) atoms. The van der Waals surface area contributed by atoms with Gasteiger partial charge in [-0.1, -0.05) is 48.9 Å². The summed E-state index contributed by atoms with van der Waals surface area (Å²) < 4.78 is 17.1. The van der Waals surface area contributed by atoms with E-state index >= 15 is 0 Å². The highest BCUT2D eigenvalue weighted by Crippen LogP contribution is 2.65. The van der Waals surface area contributed by atoms with Crippen molar-refractivity contribution in [3.05, 3.63) is 95.1 Å². The summed E-state index contributed by atoms with van der Waals surface area (Å²) in [7, 11) is 1.31. The second kappa shape index (κ2) is 19.6. The molecule has 2 aromatic carbocycles. The number of carboxylic acid groups (broad SMARTS) is 1. The van der Waals surface area contributed by atoms with Crippen LogP contribution in [0.1, 0.15) is 88.1 Å². The number of benzene rings is 2. The first-order chi connectivity index (χ1) is 27.5. The first-order valence-corrected chi connectivity index (χ1v) is 19.3. The minimum atomic E-state index is -1.17. The number of unbranched alkanes of at least 4 members (excludes halogenated alkanes) is 1. The van der Waals surface area contributed by atoms with Gasteiger partial charge in [-0.2, -0.15) is 0 Å². The Labute approximate surface area is 338 Å². The molecule has 1 saturated carbocycles. The zero-order valence-corrected chi connectivity index (χ0v) is 33.5. The topological polar surface area (TPSA) is 252 Å². The second-order valence-electron chi connectivity index (χ2n) is 15.0. The van der Waals surface area contributed by atoms with Gasteiger partial charge in [-0.15, -0.1) is 0 Å². The van der Waals surface area contributed by atoms with Crippen molar-refractivity contribution in [2.75, 3.05) is 24.7 Å². The maximum atomic E-state index is 13.8. The van der Waals surface area contributed by atoms with E-state index in [-0.39, 0.29) is 37.1 Å². The number of ether oxygens (including phenoxy) is 3. The molecule has 5 rings (SSSR count). The third-order valence-electron chi connectivity index (χ3n) is 11.2. The number of cyclic esters (lactones) is 1. The summed E-state index contributed by atoms with van der Waals surface area (Å²) >= 11 is 0. The lowest BCUT2D eigenvalue weighted by Crippen LogP contribution is -2.65. The van der Waals surface area contributed by atoms with Crippen molar-refractivity contribution in [3.8, 4) is 0 Å². The summed E-state index contributed by atoms with van der Waals surface area (Å²) in [6.07, 6.45) is 10.7. The lowest BCUT2D eigenvalue weighted by Gasteiger charge is -2.54. The van der Waals surface area contributed by atoms with Gasteiger partial charge < -0.3 is 47.2 Å². The van der Waals surface area contributed by atoms with Gasteiger partial charge in [0.2, 0.25) is 5.91 Å². The average Bonchev–Trinajstić information content (AvgIpc) is 3.34. The Kier molecular flexibility index (Phi) is 15.2. The average molecular weight is 802 g/mol. The van der Waals surface area contributed by atoms with Gasteiger partial charge >= 0.3 is 23.9 Å². The van der Waals surface area contributed by atoms with Crippen molar-refractivity contribution in [1.82, 2.24) is 5.32 Å². The van der Waals surface area contributed by atoms with E-state index in [1.807, 2.05) is 0 Å². The highest BCUT2D eigenvalue weighted by Gasteiger charge is 2.74.